The molecule has 0 atom stereocenters. The molecule has 0 unspecified atom stereocenters. The summed E-state index contributed by atoms with van der Waals surface area (Å²) >= 11 is 0. The van der Waals surface area contributed by atoms with Gasteiger partial charge < -0.3 is 4.74 Å². The molecule has 0 aliphatic heterocycles. The summed E-state index contributed by atoms with van der Waals surface area (Å²) in [6.07, 6.45) is 9.59. The molecule has 9 rings (SSSR count). The molecule has 0 aliphatic carbocycles. The third-order valence-electron chi connectivity index (χ3n) is 8.58. The van der Waals surface area contributed by atoms with Gasteiger partial charge in [0.15, 0.2) is 0 Å². The van der Waals surface area contributed by atoms with Crippen LogP contribution in [0.4, 0.5) is 0 Å². The highest BCUT2D eigenvalue weighted by Crippen LogP contribution is 2.37. The lowest BCUT2D eigenvalue weighted by molar-refractivity contribution is 0.484. The van der Waals surface area contributed by atoms with Crippen molar-refractivity contribution in [1.29, 1.82) is 0 Å². The molecular formula is C37H26N6O. The van der Waals surface area contributed by atoms with Gasteiger partial charge in [0.1, 0.15) is 22.8 Å². The van der Waals surface area contributed by atoms with Crippen LogP contribution in [0.3, 0.4) is 0 Å². The fourth-order valence-corrected chi connectivity index (χ4v) is 6.85. The van der Waals surface area contributed by atoms with E-state index in [0.29, 0.717) is 0 Å². The van der Waals surface area contributed by atoms with Crippen molar-refractivity contribution in [3.8, 4) is 22.8 Å². The number of rotatable bonds is 3. The molecule has 0 saturated carbocycles. The van der Waals surface area contributed by atoms with Gasteiger partial charge in [0.05, 0.1) is 27.8 Å². The lowest BCUT2D eigenvalue weighted by Gasteiger charge is -2.12. The van der Waals surface area contributed by atoms with E-state index in [-0.39, 0.29) is 0 Å². The summed E-state index contributed by atoms with van der Waals surface area (Å²) in [6.45, 7) is 6.44. The topological polar surface area (TPSA) is 69.6 Å². The van der Waals surface area contributed by atoms with Gasteiger partial charge in [-0.3, -0.25) is 18.8 Å². The van der Waals surface area contributed by atoms with Crippen LogP contribution < -0.4 is 4.74 Å². The van der Waals surface area contributed by atoms with E-state index < -0.39 is 0 Å². The van der Waals surface area contributed by atoms with Gasteiger partial charge in [0, 0.05) is 58.1 Å². The van der Waals surface area contributed by atoms with Crippen LogP contribution in [0.2, 0.25) is 0 Å². The molecule has 0 N–H and O–H groups in total. The first-order chi connectivity index (χ1) is 21.5. The number of aromatic nitrogens is 6. The Hall–Kier alpha value is -5.82. The van der Waals surface area contributed by atoms with Crippen LogP contribution >= 0.6 is 0 Å². The molecule has 7 nitrogen and oxygen atoms in total. The molecule has 0 bridgehead atoms. The van der Waals surface area contributed by atoms with Gasteiger partial charge in [-0.1, -0.05) is 17.7 Å². The minimum absolute atomic E-state index is 0.722. The quantitative estimate of drug-likeness (QED) is 0.199. The molecule has 210 valence electrons. The molecule has 44 heavy (non-hydrogen) atoms. The average molecular weight is 571 g/mol. The average Bonchev–Trinajstić information content (AvgIpc) is 3.70. The number of pyridine rings is 4. The summed E-state index contributed by atoms with van der Waals surface area (Å²) in [4.78, 5) is 19.3. The Morgan fingerprint density at radius 2 is 1.20 bits per heavy atom. The van der Waals surface area contributed by atoms with Gasteiger partial charge in [0.2, 0.25) is 0 Å². The number of aryl methyl sites for hydroxylation is 3. The highest BCUT2D eigenvalue weighted by Gasteiger charge is 2.17. The highest BCUT2D eigenvalue weighted by atomic mass is 16.5. The molecule has 6 aromatic heterocycles. The van der Waals surface area contributed by atoms with Crippen molar-refractivity contribution in [1.82, 2.24) is 28.7 Å². The van der Waals surface area contributed by atoms with E-state index in [1.807, 2.05) is 55.1 Å². The van der Waals surface area contributed by atoms with Crippen LogP contribution in [-0.2, 0) is 0 Å². The molecule has 3 aromatic carbocycles. The first-order valence-corrected chi connectivity index (χ1v) is 14.6. The van der Waals surface area contributed by atoms with Gasteiger partial charge in [0.25, 0.3) is 0 Å². The van der Waals surface area contributed by atoms with E-state index >= 15 is 0 Å². The number of ether oxygens (including phenoxy) is 1. The molecule has 9 aromatic rings. The normalized spacial score (nSPS) is 12.0. The summed E-state index contributed by atoms with van der Waals surface area (Å²) in [5.41, 5.74) is 11.4. The first kappa shape index (κ1) is 24.7. The molecule has 0 amide bonds. The second-order valence-corrected chi connectivity index (χ2v) is 11.5. The smallest absolute Gasteiger partial charge is 0.146 e. The van der Waals surface area contributed by atoms with Gasteiger partial charge in [-0.2, -0.15) is 0 Å². The van der Waals surface area contributed by atoms with Crippen LogP contribution in [0.15, 0.2) is 104 Å². The van der Waals surface area contributed by atoms with Crippen molar-refractivity contribution < 1.29 is 4.74 Å². The fraction of sp³-hybridized carbons (Fsp3) is 0.0811. The third-order valence-corrected chi connectivity index (χ3v) is 8.58. The summed E-state index contributed by atoms with van der Waals surface area (Å²) in [5.74, 6) is 1.45. The maximum absolute atomic E-state index is 6.52. The van der Waals surface area contributed by atoms with Crippen molar-refractivity contribution in [2.24, 2.45) is 0 Å². The summed E-state index contributed by atoms with van der Waals surface area (Å²) in [5, 5.41) is 4.04. The molecule has 7 heteroatoms. The Morgan fingerprint density at radius 1 is 0.591 bits per heavy atom. The van der Waals surface area contributed by atoms with E-state index in [9.17, 15) is 0 Å². The Morgan fingerprint density at radius 3 is 1.86 bits per heavy atom. The van der Waals surface area contributed by atoms with Gasteiger partial charge in [-0.15, -0.1) is 0 Å². The molecule has 0 saturated heterocycles. The van der Waals surface area contributed by atoms with Crippen LogP contribution in [0.5, 0.6) is 11.5 Å². The maximum Gasteiger partial charge on any atom is 0.146 e. The predicted molar refractivity (Wildman–Crippen MR) is 176 cm³/mol. The Labute approximate surface area is 252 Å². The molecule has 0 fully saturated rings. The van der Waals surface area contributed by atoms with Crippen LogP contribution in [0, 0.1) is 20.8 Å². The molecule has 0 spiro atoms. The van der Waals surface area contributed by atoms with Gasteiger partial charge in [-0.05, 0) is 92.6 Å². The molecule has 0 radical (unpaired) electrons. The maximum atomic E-state index is 6.52. The monoisotopic (exact) mass is 570 g/mol. The standard InChI is InChI=1S/C37H26N6O/c1-21-16-22(2)33(23(3)17-21)30-20-43-32-7-5-13-39-35(32)27-11-9-25(19-29(27)37(43)41-30)44-24-8-10-26-28(18-24)36-40-14-15-42(36)31-6-4-12-38-34(26)31/h4-20H,1-3H3. The second kappa shape index (κ2) is 9.09. The number of fused-ring (bicyclic) bond motifs is 12. The summed E-state index contributed by atoms with van der Waals surface area (Å²) in [7, 11) is 0. The predicted octanol–water partition coefficient (Wildman–Crippen LogP) is 8.77. The zero-order valence-electron chi connectivity index (χ0n) is 24.4. The Kier molecular flexibility index (Phi) is 5.11. The third kappa shape index (κ3) is 3.56. The molecule has 0 aliphatic rings. The van der Waals surface area contributed by atoms with Gasteiger partial charge in [-0.25, -0.2) is 9.97 Å². The zero-order chi connectivity index (χ0) is 29.5. The summed E-state index contributed by atoms with van der Waals surface area (Å²) in [6, 6.07) is 24.8. The van der Waals surface area contributed by atoms with Crippen molar-refractivity contribution in [2.45, 2.75) is 20.8 Å². The van der Waals surface area contributed by atoms with Crippen molar-refractivity contribution >= 4 is 54.9 Å². The Balaban J connectivity index is 1.23. The van der Waals surface area contributed by atoms with Gasteiger partial charge >= 0.3 is 0 Å². The van der Waals surface area contributed by atoms with Crippen LogP contribution in [0.25, 0.3) is 66.2 Å². The van der Waals surface area contributed by atoms with Crippen molar-refractivity contribution in [3.05, 3.63) is 120 Å². The number of hydrogen-bond donors (Lipinski definition) is 0. The zero-order valence-corrected chi connectivity index (χ0v) is 24.4. The number of nitrogens with zero attached hydrogens (tertiary/aromatic N) is 6. The Bertz CT molecular complexity index is 2610. The SMILES string of the molecule is Cc1cc(C)c(-c2cn3c4cccnc4c4ccc(Oc5ccc6c(c5)c5nccn5c5cccnc65)cc4c3n2)c(C)c1. The molecule has 6 heterocycles. The van der Waals surface area contributed by atoms with Crippen molar-refractivity contribution in [2.75, 3.05) is 0 Å². The largest absolute Gasteiger partial charge is 0.457 e. The number of benzene rings is 3. The minimum Gasteiger partial charge on any atom is -0.457 e. The van der Waals surface area contributed by atoms with Crippen LogP contribution in [-0.4, -0.2) is 28.7 Å². The van der Waals surface area contributed by atoms with Crippen LogP contribution in [0.1, 0.15) is 16.7 Å². The summed E-state index contributed by atoms with van der Waals surface area (Å²) < 4.78 is 10.8. The second-order valence-electron chi connectivity index (χ2n) is 11.5. The number of hydrogen-bond acceptors (Lipinski definition) is 5. The van der Waals surface area contributed by atoms with E-state index in [0.717, 1.165) is 72.1 Å². The fourth-order valence-electron chi connectivity index (χ4n) is 6.85. The lowest BCUT2D eigenvalue weighted by Crippen LogP contribution is -1.94. The lowest BCUT2D eigenvalue weighted by atomic mass is 9.98. The number of imidazole rings is 2. The van der Waals surface area contributed by atoms with E-state index in [2.05, 4.69) is 88.2 Å². The van der Waals surface area contributed by atoms with Crippen molar-refractivity contribution in [3.63, 3.8) is 0 Å². The van der Waals surface area contributed by atoms with E-state index in [1.165, 1.54) is 22.3 Å². The highest BCUT2D eigenvalue weighted by molar-refractivity contribution is 6.11. The van der Waals surface area contributed by atoms with E-state index in [1.54, 1.807) is 0 Å². The minimum atomic E-state index is 0.722. The van der Waals surface area contributed by atoms with E-state index in [4.69, 9.17) is 14.7 Å². The first-order valence-electron chi connectivity index (χ1n) is 14.6. The molecular weight excluding hydrogens is 544 g/mol.